The summed E-state index contributed by atoms with van der Waals surface area (Å²) >= 11 is 0. The van der Waals surface area contributed by atoms with Crippen LogP contribution in [-0.4, -0.2) is 68.2 Å². The molecule has 1 fully saturated rings. The second-order valence-electron chi connectivity index (χ2n) is 9.84. The van der Waals surface area contributed by atoms with Crippen LogP contribution in [-0.2, 0) is 10.0 Å². The van der Waals surface area contributed by atoms with Crippen LogP contribution in [0.5, 0.6) is 0 Å². The van der Waals surface area contributed by atoms with Gasteiger partial charge in [0, 0.05) is 42.9 Å². The van der Waals surface area contributed by atoms with Crippen LogP contribution >= 0.6 is 0 Å². The van der Waals surface area contributed by atoms with Crippen LogP contribution in [0.25, 0.3) is 22.3 Å². The maximum Gasteiger partial charge on any atom is 0.261 e. The van der Waals surface area contributed by atoms with E-state index in [2.05, 4.69) is 49.0 Å². The SMILES string of the molecule is CCCS(=O)(=O)Nc1ccc(F)c(C(=O)Nc2cnc3[nH]c(-c4ccc(N5CCN(C)CC5)cc4)cc3c2)c1F. The number of carbonyl (C=O) groups excluding carboxylic acids is 1. The van der Waals surface area contributed by atoms with E-state index in [1.165, 1.54) is 6.20 Å². The molecule has 4 aromatic rings. The fourth-order valence-corrected chi connectivity index (χ4v) is 5.81. The van der Waals surface area contributed by atoms with Crippen LogP contribution in [0, 0.1) is 11.6 Å². The van der Waals surface area contributed by atoms with Gasteiger partial charge in [0.25, 0.3) is 5.91 Å². The molecule has 3 N–H and O–H groups in total. The number of halogens is 2. The zero-order valence-electron chi connectivity index (χ0n) is 22.2. The molecule has 210 valence electrons. The number of rotatable bonds is 8. The van der Waals surface area contributed by atoms with Crippen LogP contribution < -0.4 is 14.9 Å². The number of nitrogens with one attached hydrogen (secondary N) is 3. The third-order valence-electron chi connectivity index (χ3n) is 6.83. The molecule has 1 saturated heterocycles. The van der Waals surface area contributed by atoms with Crippen LogP contribution in [0.3, 0.4) is 0 Å². The molecule has 0 saturated carbocycles. The van der Waals surface area contributed by atoms with Crippen LogP contribution in [0.1, 0.15) is 23.7 Å². The van der Waals surface area contributed by atoms with Gasteiger partial charge in [-0.05, 0) is 55.4 Å². The molecule has 2 aromatic carbocycles. The fraction of sp³-hybridized carbons (Fsp3) is 0.286. The molecule has 0 radical (unpaired) electrons. The molecule has 0 unspecified atom stereocenters. The number of sulfonamides is 1. The highest BCUT2D eigenvalue weighted by atomic mass is 32.2. The molecule has 0 bridgehead atoms. The van der Waals surface area contributed by atoms with Gasteiger partial charge in [-0.2, -0.15) is 0 Å². The Morgan fingerprint density at radius 2 is 1.77 bits per heavy atom. The predicted molar refractivity (Wildman–Crippen MR) is 153 cm³/mol. The maximum absolute atomic E-state index is 15.0. The van der Waals surface area contributed by atoms with E-state index in [1.54, 1.807) is 13.0 Å². The molecule has 1 amide bonds. The summed E-state index contributed by atoms with van der Waals surface area (Å²) in [5.74, 6) is -3.72. The quantitative estimate of drug-likeness (QED) is 0.285. The van der Waals surface area contributed by atoms with Crippen molar-refractivity contribution >= 4 is 44.0 Å². The molecule has 2 aromatic heterocycles. The van der Waals surface area contributed by atoms with Crippen molar-refractivity contribution in [1.29, 1.82) is 0 Å². The van der Waals surface area contributed by atoms with E-state index in [-0.39, 0.29) is 11.4 Å². The number of likely N-dealkylation sites (N-methyl/N-ethyl adjacent to an activating group) is 1. The monoisotopic (exact) mass is 568 g/mol. The highest BCUT2D eigenvalue weighted by molar-refractivity contribution is 7.92. The van der Waals surface area contributed by atoms with E-state index >= 15 is 4.39 Å². The topological polar surface area (TPSA) is 110 Å². The Labute approximate surface area is 231 Å². The molecule has 0 spiro atoms. The smallest absolute Gasteiger partial charge is 0.261 e. The third kappa shape index (κ3) is 5.92. The lowest BCUT2D eigenvalue weighted by Gasteiger charge is -2.34. The minimum atomic E-state index is -3.84. The predicted octanol–water partition coefficient (Wildman–Crippen LogP) is 4.66. The highest BCUT2D eigenvalue weighted by Crippen LogP contribution is 2.28. The molecule has 12 heteroatoms. The molecule has 40 heavy (non-hydrogen) atoms. The Kier molecular flexibility index (Phi) is 7.72. The Morgan fingerprint density at radius 3 is 2.48 bits per heavy atom. The van der Waals surface area contributed by atoms with Gasteiger partial charge < -0.3 is 20.1 Å². The number of aromatic nitrogens is 2. The molecule has 5 rings (SSSR count). The zero-order chi connectivity index (χ0) is 28.4. The molecule has 1 aliphatic heterocycles. The number of H-pyrrole nitrogens is 1. The summed E-state index contributed by atoms with van der Waals surface area (Å²) in [5, 5.41) is 3.15. The number of benzene rings is 2. The first-order chi connectivity index (χ1) is 19.1. The van der Waals surface area contributed by atoms with E-state index in [0.717, 1.165) is 55.3 Å². The van der Waals surface area contributed by atoms with Gasteiger partial charge in [0.15, 0.2) is 5.82 Å². The van der Waals surface area contributed by atoms with Gasteiger partial charge in [0.1, 0.15) is 17.0 Å². The number of anilines is 3. The number of aromatic amines is 1. The number of fused-ring (bicyclic) bond motifs is 1. The third-order valence-corrected chi connectivity index (χ3v) is 8.31. The first-order valence-corrected chi connectivity index (χ1v) is 14.6. The standard InChI is InChI=1S/C28H30F2N6O3S/c1-3-14-40(38,39)34-23-9-8-22(29)25(26(23)30)28(37)32-20-15-19-16-24(33-27(19)31-17-20)18-4-6-21(7-5-18)36-12-10-35(2)11-13-36/h4-9,15-17,34H,3,10-14H2,1-2H3,(H,31,33)(H,32,37). The van der Waals surface area contributed by atoms with E-state index in [1.807, 2.05) is 18.2 Å². The summed E-state index contributed by atoms with van der Waals surface area (Å²) in [7, 11) is -1.72. The summed E-state index contributed by atoms with van der Waals surface area (Å²) < 4.78 is 55.7. The van der Waals surface area contributed by atoms with E-state index in [0.29, 0.717) is 17.5 Å². The van der Waals surface area contributed by atoms with Gasteiger partial charge in [0.2, 0.25) is 10.0 Å². The lowest BCUT2D eigenvalue weighted by atomic mass is 10.1. The first kappa shape index (κ1) is 27.5. The average Bonchev–Trinajstić information content (AvgIpc) is 3.34. The van der Waals surface area contributed by atoms with Crippen molar-refractivity contribution in [3.8, 4) is 11.3 Å². The van der Waals surface area contributed by atoms with E-state index in [9.17, 15) is 17.6 Å². The molecule has 9 nitrogen and oxygen atoms in total. The molecule has 0 aliphatic carbocycles. The van der Waals surface area contributed by atoms with Crippen molar-refractivity contribution in [1.82, 2.24) is 14.9 Å². The summed E-state index contributed by atoms with van der Waals surface area (Å²) in [5.41, 5.74) is 2.38. The van der Waals surface area contributed by atoms with Crippen LogP contribution in [0.15, 0.2) is 54.7 Å². The normalized spacial score (nSPS) is 14.4. The second-order valence-corrected chi connectivity index (χ2v) is 11.7. The average molecular weight is 569 g/mol. The number of piperazine rings is 1. The second kappa shape index (κ2) is 11.2. The van der Waals surface area contributed by atoms with Crippen molar-refractivity contribution in [3.63, 3.8) is 0 Å². The van der Waals surface area contributed by atoms with Gasteiger partial charge in [-0.1, -0.05) is 19.1 Å². The van der Waals surface area contributed by atoms with Gasteiger partial charge in [-0.15, -0.1) is 0 Å². The largest absolute Gasteiger partial charge is 0.369 e. The molecular weight excluding hydrogens is 538 g/mol. The van der Waals surface area contributed by atoms with Crippen LogP contribution in [0.2, 0.25) is 0 Å². The highest BCUT2D eigenvalue weighted by Gasteiger charge is 2.23. The minimum Gasteiger partial charge on any atom is -0.369 e. The van der Waals surface area contributed by atoms with Gasteiger partial charge in [-0.25, -0.2) is 22.2 Å². The number of hydrogen-bond donors (Lipinski definition) is 3. The molecule has 1 aliphatic rings. The van der Waals surface area contributed by atoms with Crippen molar-refractivity contribution in [2.45, 2.75) is 13.3 Å². The van der Waals surface area contributed by atoms with Crippen molar-refractivity contribution in [3.05, 3.63) is 71.9 Å². The molecular formula is C28H30F2N6O3S. The van der Waals surface area contributed by atoms with Crippen molar-refractivity contribution < 1.29 is 22.0 Å². The molecule has 3 heterocycles. The Morgan fingerprint density at radius 1 is 1.05 bits per heavy atom. The Bertz CT molecular complexity index is 1650. The minimum absolute atomic E-state index is 0.226. The van der Waals surface area contributed by atoms with E-state index < -0.39 is 38.8 Å². The molecule has 0 atom stereocenters. The summed E-state index contributed by atoms with van der Waals surface area (Å²) in [6, 6.07) is 13.6. The van der Waals surface area contributed by atoms with Gasteiger partial charge >= 0.3 is 0 Å². The Hall–Kier alpha value is -4.03. The number of amides is 1. The number of carbonyl (C=O) groups is 1. The number of pyridine rings is 1. The Balaban J connectivity index is 1.33. The fourth-order valence-electron chi connectivity index (χ4n) is 4.68. The van der Waals surface area contributed by atoms with Gasteiger partial charge in [-0.3, -0.25) is 9.52 Å². The summed E-state index contributed by atoms with van der Waals surface area (Å²) in [6.45, 7) is 5.66. The summed E-state index contributed by atoms with van der Waals surface area (Å²) in [4.78, 5) is 25.1. The lowest BCUT2D eigenvalue weighted by Crippen LogP contribution is -2.44. The zero-order valence-corrected chi connectivity index (χ0v) is 23.0. The maximum atomic E-state index is 15.0. The van der Waals surface area contributed by atoms with E-state index in [4.69, 9.17) is 0 Å². The summed E-state index contributed by atoms with van der Waals surface area (Å²) in [6.07, 6.45) is 1.68. The van der Waals surface area contributed by atoms with Gasteiger partial charge in [0.05, 0.1) is 23.3 Å². The van der Waals surface area contributed by atoms with Crippen LogP contribution in [0.4, 0.5) is 25.8 Å². The lowest BCUT2D eigenvalue weighted by molar-refractivity contribution is 0.101. The number of hydrogen-bond acceptors (Lipinski definition) is 6. The van der Waals surface area contributed by atoms with Crippen molar-refractivity contribution in [2.75, 3.05) is 53.9 Å². The number of nitrogens with zero attached hydrogens (tertiary/aromatic N) is 3. The first-order valence-electron chi connectivity index (χ1n) is 13.0. The van der Waals surface area contributed by atoms with Crippen molar-refractivity contribution in [2.24, 2.45) is 0 Å².